The van der Waals surface area contributed by atoms with Crippen LogP contribution in [0.3, 0.4) is 0 Å². The third kappa shape index (κ3) is 8.28. The number of H-pyrrole nitrogens is 1. The average molecular weight is 656 g/mol. The lowest BCUT2D eigenvalue weighted by atomic mass is 9.83. The number of nitrogens with one attached hydrogen (secondary N) is 3. The Hall–Kier alpha value is -3.01. The molecule has 2 heterocycles. The number of hydrogen-bond acceptors (Lipinski definition) is 5. The highest BCUT2D eigenvalue weighted by Gasteiger charge is 2.51. The van der Waals surface area contributed by atoms with Crippen molar-refractivity contribution in [2.45, 2.75) is 127 Å². The summed E-state index contributed by atoms with van der Waals surface area (Å²) in [5.41, 5.74) is 1.82. The number of unbranched alkanes of at least 4 members (excludes halogenated alkanes) is 8. The number of benzene rings is 1. The minimum atomic E-state index is -1.12. The number of anilines is 1. The molecule has 2 aromatic rings. The fourth-order valence-electron chi connectivity index (χ4n) is 6.74. The summed E-state index contributed by atoms with van der Waals surface area (Å²) in [6.45, 7) is 6.53. The zero-order valence-electron chi connectivity index (χ0n) is 29.0. The van der Waals surface area contributed by atoms with Gasteiger partial charge in [-0.25, -0.2) is 14.8 Å². The molecule has 0 saturated heterocycles. The average Bonchev–Trinajstić information content (AvgIpc) is 3.50. The number of carbonyl (C=O) groups excluding carboxylic acids is 3. The molecule has 4 rings (SSSR count). The second-order valence-electron chi connectivity index (χ2n) is 14.4. The number of amides is 3. The topological polar surface area (TPSA) is 116 Å². The van der Waals surface area contributed by atoms with Crippen LogP contribution in [0.15, 0.2) is 30.3 Å². The van der Waals surface area contributed by atoms with Gasteiger partial charge in [0, 0.05) is 12.0 Å². The third-order valence-electron chi connectivity index (χ3n) is 10.1. The van der Waals surface area contributed by atoms with Gasteiger partial charge in [-0.3, -0.25) is 14.7 Å². The number of rotatable bonds is 17. The zero-order chi connectivity index (χ0) is 33.4. The molecule has 3 amide bonds. The van der Waals surface area contributed by atoms with E-state index >= 15 is 0 Å². The first kappa shape index (κ1) is 35.8. The Balaban J connectivity index is 1.33. The smallest absolute Gasteiger partial charge is 0.319 e. The fraction of sp³-hybridized carbons (Fsp3) is 0.667. The highest BCUT2D eigenvalue weighted by molar-refractivity contribution is 8.33. The SMILES string of the molecule is CCCCCCCCCCCC(=O)OCC(NC(=O)N1Cc2c(NC(=O)C3(S(C)(C)C)CCC3)n[nH]c2C1(C)C)c1ccccc1. The fourth-order valence-corrected chi connectivity index (χ4v) is 8.86. The lowest BCUT2D eigenvalue weighted by molar-refractivity contribution is -0.144. The van der Waals surface area contributed by atoms with Gasteiger partial charge in [0.2, 0.25) is 5.91 Å². The predicted molar refractivity (Wildman–Crippen MR) is 188 cm³/mol. The molecule has 10 heteroatoms. The molecule has 1 aromatic heterocycles. The molecule has 1 atom stereocenters. The molecule has 3 N–H and O–H groups in total. The lowest BCUT2D eigenvalue weighted by Gasteiger charge is -2.53. The van der Waals surface area contributed by atoms with Crippen LogP contribution in [0.2, 0.25) is 0 Å². The molecule has 256 valence electrons. The van der Waals surface area contributed by atoms with Crippen LogP contribution in [-0.4, -0.2) is 63.1 Å². The van der Waals surface area contributed by atoms with E-state index in [0.29, 0.717) is 18.8 Å². The van der Waals surface area contributed by atoms with Crippen molar-refractivity contribution in [3.05, 3.63) is 47.2 Å². The van der Waals surface area contributed by atoms with Crippen LogP contribution in [0.4, 0.5) is 10.6 Å². The first-order valence-corrected chi connectivity index (χ1v) is 20.1. The van der Waals surface area contributed by atoms with Crippen molar-refractivity contribution in [1.82, 2.24) is 20.4 Å². The lowest BCUT2D eigenvalue weighted by Crippen LogP contribution is -2.51. The van der Waals surface area contributed by atoms with Gasteiger partial charge in [0.15, 0.2) is 5.82 Å². The molecule has 1 fully saturated rings. The van der Waals surface area contributed by atoms with Gasteiger partial charge in [-0.1, -0.05) is 88.6 Å². The van der Waals surface area contributed by atoms with E-state index in [1.165, 1.54) is 38.5 Å². The largest absolute Gasteiger partial charge is 0.463 e. The summed E-state index contributed by atoms with van der Waals surface area (Å²) in [7, 11) is -1.12. The Morgan fingerprint density at radius 3 is 2.20 bits per heavy atom. The van der Waals surface area contributed by atoms with E-state index in [-0.39, 0.29) is 29.3 Å². The number of aromatic nitrogens is 2. The molecule has 9 nitrogen and oxygen atoms in total. The van der Waals surface area contributed by atoms with Gasteiger partial charge in [0.05, 0.1) is 28.6 Å². The number of esters is 1. The van der Waals surface area contributed by atoms with Crippen molar-refractivity contribution in [2.24, 2.45) is 0 Å². The molecule has 1 aromatic carbocycles. The number of aromatic amines is 1. The zero-order valence-corrected chi connectivity index (χ0v) is 29.8. The second kappa shape index (κ2) is 15.7. The summed E-state index contributed by atoms with van der Waals surface area (Å²) >= 11 is 0. The molecular weight excluding hydrogens is 598 g/mol. The Morgan fingerprint density at radius 1 is 0.978 bits per heavy atom. The summed E-state index contributed by atoms with van der Waals surface area (Å²) in [4.78, 5) is 41.8. The van der Waals surface area contributed by atoms with E-state index in [1.54, 1.807) is 4.90 Å². The number of fused-ring (bicyclic) bond motifs is 1. The van der Waals surface area contributed by atoms with E-state index in [1.807, 2.05) is 44.2 Å². The van der Waals surface area contributed by atoms with Crippen molar-refractivity contribution in [1.29, 1.82) is 0 Å². The number of nitrogens with zero attached hydrogens (tertiary/aromatic N) is 2. The number of ether oxygens (including phenoxy) is 1. The van der Waals surface area contributed by atoms with Gasteiger partial charge in [-0.15, -0.1) is 0 Å². The molecule has 1 unspecified atom stereocenters. The quantitative estimate of drug-likeness (QED) is 0.118. The summed E-state index contributed by atoms with van der Waals surface area (Å²) in [5, 5.41) is 13.8. The van der Waals surface area contributed by atoms with Gasteiger partial charge in [-0.05, 0) is 63.9 Å². The summed E-state index contributed by atoms with van der Waals surface area (Å²) < 4.78 is 5.36. The standard InChI is InChI=1S/C36H57N5O4S/c1-7-8-9-10-11-12-13-14-18-22-30(42)45-26-29(27-20-16-15-17-21-27)37-34(44)41-25-28-31(35(41,2)3)39-40-32(28)38-33(43)36(23-19-24-36)46(4,5)6/h15-17,20-21,29H,7-14,18-19,22-26H2,1-6H3,(H,37,44)(H2,38,39,40,43). The van der Waals surface area contributed by atoms with Crippen LogP contribution in [0.5, 0.6) is 0 Å². The van der Waals surface area contributed by atoms with E-state index in [0.717, 1.165) is 55.3 Å². The maximum atomic E-state index is 13.8. The van der Waals surface area contributed by atoms with Crippen LogP contribution < -0.4 is 10.6 Å². The van der Waals surface area contributed by atoms with Crippen molar-refractivity contribution < 1.29 is 19.1 Å². The highest BCUT2D eigenvalue weighted by Crippen LogP contribution is 2.60. The molecule has 0 radical (unpaired) electrons. The Morgan fingerprint density at radius 2 is 1.61 bits per heavy atom. The van der Waals surface area contributed by atoms with Crippen molar-refractivity contribution in [3.63, 3.8) is 0 Å². The first-order valence-electron chi connectivity index (χ1n) is 17.3. The van der Waals surface area contributed by atoms with Crippen LogP contribution in [-0.2, 0) is 26.4 Å². The van der Waals surface area contributed by atoms with E-state index < -0.39 is 21.6 Å². The van der Waals surface area contributed by atoms with Crippen LogP contribution in [0, 0.1) is 0 Å². The summed E-state index contributed by atoms with van der Waals surface area (Å²) in [6, 6.07) is 8.85. The summed E-state index contributed by atoms with van der Waals surface area (Å²) in [5.74, 6) is 0.301. The van der Waals surface area contributed by atoms with Gasteiger partial charge in [0.25, 0.3) is 0 Å². The number of carbonyl (C=O) groups is 3. The molecule has 46 heavy (non-hydrogen) atoms. The minimum absolute atomic E-state index is 0.0321. The second-order valence-corrected chi connectivity index (χ2v) is 18.8. The van der Waals surface area contributed by atoms with Gasteiger partial charge in [0.1, 0.15) is 6.61 Å². The van der Waals surface area contributed by atoms with Crippen LogP contribution >= 0.6 is 10.0 Å². The monoisotopic (exact) mass is 655 g/mol. The molecule has 1 saturated carbocycles. The van der Waals surface area contributed by atoms with E-state index in [2.05, 4.69) is 46.5 Å². The van der Waals surface area contributed by atoms with Gasteiger partial charge in [-0.2, -0.15) is 5.10 Å². The normalized spacial score (nSPS) is 17.5. The molecule has 0 bridgehead atoms. The van der Waals surface area contributed by atoms with E-state index in [4.69, 9.17) is 4.74 Å². The van der Waals surface area contributed by atoms with Crippen molar-refractivity contribution >= 4 is 33.8 Å². The first-order chi connectivity index (χ1) is 21.9. The summed E-state index contributed by atoms with van der Waals surface area (Å²) in [6.07, 6.45) is 20.5. The van der Waals surface area contributed by atoms with Crippen molar-refractivity contribution in [2.75, 3.05) is 30.7 Å². The van der Waals surface area contributed by atoms with Crippen molar-refractivity contribution in [3.8, 4) is 0 Å². The number of urea groups is 1. The Bertz CT molecular complexity index is 1320. The maximum absolute atomic E-state index is 13.8. The predicted octanol–water partition coefficient (Wildman–Crippen LogP) is 7.93. The number of hydrogen-bond donors (Lipinski definition) is 3. The Kier molecular flexibility index (Phi) is 12.2. The highest BCUT2D eigenvalue weighted by atomic mass is 32.3. The molecule has 1 aliphatic heterocycles. The third-order valence-corrected chi connectivity index (χ3v) is 13.0. The minimum Gasteiger partial charge on any atom is -0.463 e. The molecule has 2 aliphatic rings. The van der Waals surface area contributed by atoms with Crippen LogP contribution in [0.1, 0.15) is 127 Å². The molecular formula is C36H57N5O4S. The van der Waals surface area contributed by atoms with E-state index in [9.17, 15) is 14.4 Å². The Labute approximate surface area is 277 Å². The van der Waals surface area contributed by atoms with Gasteiger partial charge >= 0.3 is 12.0 Å². The maximum Gasteiger partial charge on any atom is 0.319 e. The molecule has 0 spiro atoms. The van der Waals surface area contributed by atoms with Gasteiger partial charge < -0.3 is 20.3 Å². The van der Waals surface area contributed by atoms with Crippen LogP contribution in [0.25, 0.3) is 0 Å². The molecule has 1 aliphatic carbocycles.